The lowest BCUT2D eigenvalue weighted by Crippen LogP contribution is -2.59. The van der Waals surface area contributed by atoms with E-state index in [1.54, 1.807) is 17.2 Å². The fraction of sp³-hybridized carbons (Fsp3) is 0.500. The Labute approximate surface area is 204 Å². The highest BCUT2D eigenvalue weighted by Crippen LogP contribution is 2.16. The number of likely N-dealkylation sites (tertiary alicyclic amines) is 1. The van der Waals surface area contributed by atoms with E-state index in [1.807, 2.05) is 38.1 Å². The number of rotatable bonds is 5. The van der Waals surface area contributed by atoms with Gasteiger partial charge < -0.3 is 20.6 Å². The van der Waals surface area contributed by atoms with Crippen molar-refractivity contribution in [3.63, 3.8) is 0 Å². The number of carbonyl (C=O) groups excluding carboxylic acids is 1. The molecule has 2 fully saturated rings. The second kappa shape index (κ2) is 10.4. The van der Waals surface area contributed by atoms with E-state index in [4.69, 9.17) is 5.11 Å². The molecule has 11 nitrogen and oxygen atoms in total. The monoisotopic (exact) mass is 483 g/mol. The molecule has 4 N–H and O–H groups in total. The molecule has 3 amide bonds. The molecule has 3 heterocycles. The van der Waals surface area contributed by atoms with Crippen LogP contribution in [0.25, 0.3) is 5.69 Å². The number of carbonyl (C=O) groups is 2. The highest BCUT2D eigenvalue weighted by Gasteiger charge is 2.28. The van der Waals surface area contributed by atoms with Gasteiger partial charge in [0.25, 0.3) is 0 Å². The average molecular weight is 484 g/mol. The number of amides is 3. The fourth-order valence-electron chi connectivity index (χ4n) is 4.60. The molecule has 1 aromatic carbocycles. The minimum absolute atomic E-state index is 0.0157. The molecule has 188 valence electrons. The van der Waals surface area contributed by atoms with Gasteiger partial charge in [-0.25, -0.2) is 14.4 Å². The molecule has 4 rings (SSSR count). The van der Waals surface area contributed by atoms with Crippen LogP contribution in [0.3, 0.4) is 0 Å². The molecule has 1 aromatic heterocycles. The summed E-state index contributed by atoms with van der Waals surface area (Å²) < 4.78 is 1.44. The Morgan fingerprint density at radius 3 is 2.49 bits per heavy atom. The van der Waals surface area contributed by atoms with Crippen LogP contribution in [0.2, 0.25) is 0 Å². The van der Waals surface area contributed by atoms with Gasteiger partial charge in [0.15, 0.2) is 0 Å². The Kier molecular flexibility index (Phi) is 7.37. The van der Waals surface area contributed by atoms with Crippen molar-refractivity contribution in [2.24, 2.45) is 0 Å². The summed E-state index contributed by atoms with van der Waals surface area (Å²) in [5, 5.41) is 17.5. The second-order valence-electron chi connectivity index (χ2n) is 9.79. The summed E-state index contributed by atoms with van der Waals surface area (Å²) in [5.74, 6) is 0.227. The molecule has 35 heavy (non-hydrogen) atoms. The Morgan fingerprint density at radius 1 is 1.14 bits per heavy atom. The lowest BCUT2D eigenvalue weighted by atomic mass is 10.0. The fourth-order valence-corrected chi connectivity index (χ4v) is 4.60. The number of aromatic nitrogens is 2. The number of hydrogen-bond donors (Lipinski definition) is 4. The van der Waals surface area contributed by atoms with Crippen LogP contribution in [0, 0.1) is 0 Å². The number of hydrogen-bond acceptors (Lipinski definition) is 6. The minimum Gasteiger partial charge on any atom is -0.465 e. The molecule has 0 radical (unpaired) electrons. The number of carboxylic acid groups (broad SMARTS) is 1. The van der Waals surface area contributed by atoms with Gasteiger partial charge in [0.05, 0.1) is 5.69 Å². The maximum atomic E-state index is 12.6. The molecule has 0 saturated carbocycles. The summed E-state index contributed by atoms with van der Waals surface area (Å²) in [7, 11) is 0. The zero-order valence-corrected chi connectivity index (χ0v) is 20.2. The van der Waals surface area contributed by atoms with Crippen molar-refractivity contribution in [1.29, 1.82) is 0 Å². The van der Waals surface area contributed by atoms with E-state index in [-0.39, 0.29) is 23.4 Å². The first-order valence-electron chi connectivity index (χ1n) is 11.9. The first-order valence-corrected chi connectivity index (χ1v) is 11.9. The van der Waals surface area contributed by atoms with Crippen LogP contribution in [0.5, 0.6) is 0 Å². The number of urea groups is 1. The summed E-state index contributed by atoms with van der Waals surface area (Å²) in [6.45, 7) is 8.38. The third-order valence-electron chi connectivity index (χ3n) is 6.43. The minimum atomic E-state index is -0.970. The van der Waals surface area contributed by atoms with Crippen molar-refractivity contribution < 1.29 is 14.7 Å². The highest BCUT2D eigenvalue weighted by atomic mass is 16.4. The Morgan fingerprint density at radius 2 is 1.86 bits per heavy atom. The molecule has 0 aliphatic carbocycles. The van der Waals surface area contributed by atoms with E-state index in [0.717, 1.165) is 38.0 Å². The van der Waals surface area contributed by atoms with Crippen LogP contribution in [-0.2, 0) is 6.54 Å². The normalized spacial score (nSPS) is 18.7. The summed E-state index contributed by atoms with van der Waals surface area (Å²) in [6, 6.07) is 9.07. The van der Waals surface area contributed by atoms with Crippen molar-refractivity contribution in [3.05, 3.63) is 52.6 Å². The van der Waals surface area contributed by atoms with E-state index in [0.29, 0.717) is 25.3 Å². The molecule has 2 aliphatic heterocycles. The molecule has 0 bridgehead atoms. The van der Waals surface area contributed by atoms with Crippen LogP contribution in [0.4, 0.5) is 15.4 Å². The van der Waals surface area contributed by atoms with Crippen LogP contribution >= 0.6 is 0 Å². The average Bonchev–Trinajstić information content (AvgIpc) is 2.80. The lowest BCUT2D eigenvalue weighted by Gasteiger charge is -2.38. The summed E-state index contributed by atoms with van der Waals surface area (Å²) in [5.41, 5.74) is 1.18. The topological polar surface area (TPSA) is 132 Å². The Bertz CT molecular complexity index is 1110. The third-order valence-corrected chi connectivity index (χ3v) is 6.43. The van der Waals surface area contributed by atoms with Gasteiger partial charge in [-0.3, -0.25) is 14.8 Å². The third kappa shape index (κ3) is 6.58. The SMILES string of the molecule is CC1(C)CN(C(=O)Nc2ccn(-c3ccc(CN4CCC(NC(=O)O)CC4)cc3)c(=O)n2)CCN1. The molecule has 0 atom stereocenters. The summed E-state index contributed by atoms with van der Waals surface area (Å²) in [4.78, 5) is 44.1. The second-order valence-corrected chi connectivity index (χ2v) is 9.79. The zero-order valence-electron chi connectivity index (χ0n) is 20.2. The van der Waals surface area contributed by atoms with Gasteiger partial charge in [0.2, 0.25) is 0 Å². The van der Waals surface area contributed by atoms with Crippen molar-refractivity contribution in [2.75, 3.05) is 38.0 Å². The Hall–Kier alpha value is -3.44. The molecular weight excluding hydrogens is 450 g/mol. The maximum Gasteiger partial charge on any atom is 0.404 e. The number of nitrogens with one attached hydrogen (secondary N) is 3. The van der Waals surface area contributed by atoms with Gasteiger partial charge in [-0.15, -0.1) is 0 Å². The Balaban J connectivity index is 1.33. The van der Waals surface area contributed by atoms with Crippen LogP contribution in [0.15, 0.2) is 41.3 Å². The number of nitrogens with zero attached hydrogens (tertiary/aromatic N) is 4. The number of anilines is 1. The van der Waals surface area contributed by atoms with Crippen molar-refractivity contribution in [1.82, 2.24) is 30.0 Å². The molecule has 2 aliphatic rings. The highest BCUT2D eigenvalue weighted by molar-refractivity contribution is 5.88. The van der Waals surface area contributed by atoms with Crippen molar-refractivity contribution >= 4 is 17.9 Å². The summed E-state index contributed by atoms with van der Waals surface area (Å²) >= 11 is 0. The number of benzene rings is 1. The van der Waals surface area contributed by atoms with Gasteiger partial charge in [0.1, 0.15) is 5.82 Å². The summed E-state index contributed by atoms with van der Waals surface area (Å²) in [6.07, 6.45) is 2.23. The molecule has 2 aromatic rings. The molecular formula is C24H33N7O4. The molecule has 11 heteroatoms. The van der Waals surface area contributed by atoms with Crippen LogP contribution in [-0.4, -0.2) is 80.9 Å². The predicted octanol–water partition coefficient (Wildman–Crippen LogP) is 1.68. The van der Waals surface area contributed by atoms with E-state index < -0.39 is 11.8 Å². The van der Waals surface area contributed by atoms with E-state index >= 15 is 0 Å². The first kappa shape index (κ1) is 24.7. The largest absolute Gasteiger partial charge is 0.465 e. The van der Waals surface area contributed by atoms with E-state index in [2.05, 4.69) is 25.8 Å². The number of piperazine rings is 1. The first-order chi connectivity index (χ1) is 16.7. The number of piperidine rings is 1. The van der Waals surface area contributed by atoms with Crippen LogP contribution in [0.1, 0.15) is 32.3 Å². The van der Waals surface area contributed by atoms with E-state index in [9.17, 15) is 14.4 Å². The van der Waals surface area contributed by atoms with Gasteiger partial charge in [0, 0.05) is 57.0 Å². The van der Waals surface area contributed by atoms with Gasteiger partial charge >= 0.3 is 17.8 Å². The standard InChI is InChI=1S/C24H33N7O4/c1-24(2)16-30(14-10-25-24)21(32)27-20-9-13-31(22(33)28-20)19-5-3-17(4-6-19)15-29-11-7-18(8-12-29)26-23(34)35/h3-6,9,13,18,25-26H,7-8,10-12,14-16H2,1-2H3,(H,34,35)(H,27,28,32,33). The predicted molar refractivity (Wildman–Crippen MR) is 132 cm³/mol. The van der Waals surface area contributed by atoms with E-state index in [1.165, 1.54) is 4.57 Å². The molecule has 0 spiro atoms. The maximum absolute atomic E-state index is 12.6. The quantitative estimate of drug-likeness (QED) is 0.509. The smallest absolute Gasteiger partial charge is 0.404 e. The van der Waals surface area contributed by atoms with Gasteiger partial charge in [-0.1, -0.05) is 12.1 Å². The molecule has 2 saturated heterocycles. The zero-order chi connectivity index (χ0) is 25.0. The van der Waals surface area contributed by atoms with Crippen molar-refractivity contribution in [3.8, 4) is 5.69 Å². The lowest BCUT2D eigenvalue weighted by molar-refractivity contribution is 0.165. The van der Waals surface area contributed by atoms with Crippen LogP contribution < -0.4 is 21.6 Å². The molecule has 0 unspecified atom stereocenters. The van der Waals surface area contributed by atoms with Crippen molar-refractivity contribution in [2.45, 2.75) is 44.8 Å². The van der Waals surface area contributed by atoms with Gasteiger partial charge in [-0.2, -0.15) is 4.98 Å². The van der Waals surface area contributed by atoms with Gasteiger partial charge in [-0.05, 0) is 50.5 Å².